The standard InChI is InChI=1S/C11H15N3O4/c1-7(2)13(3)10(16)6-14-9(15)5-4-8(12-14)11(17)18/h4-5,7H,6H2,1-3H3,(H,17,18). The van der Waals surface area contributed by atoms with Gasteiger partial charge in [0.2, 0.25) is 5.91 Å². The summed E-state index contributed by atoms with van der Waals surface area (Å²) in [5.74, 6) is -1.55. The first-order chi connectivity index (χ1) is 8.32. The number of carboxylic acids is 1. The minimum Gasteiger partial charge on any atom is -0.476 e. The molecule has 1 N–H and O–H groups in total. The molecule has 0 aliphatic carbocycles. The van der Waals surface area contributed by atoms with Gasteiger partial charge in [0.15, 0.2) is 5.69 Å². The van der Waals surface area contributed by atoms with Crippen LogP contribution in [0.5, 0.6) is 0 Å². The van der Waals surface area contributed by atoms with Crippen molar-refractivity contribution in [2.45, 2.75) is 26.4 Å². The van der Waals surface area contributed by atoms with Gasteiger partial charge in [0.25, 0.3) is 5.56 Å². The summed E-state index contributed by atoms with van der Waals surface area (Å²) >= 11 is 0. The lowest BCUT2D eigenvalue weighted by Gasteiger charge is -2.21. The van der Waals surface area contributed by atoms with Crippen LogP contribution in [-0.2, 0) is 11.3 Å². The largest absolute Gasteiger partial charge is 0.476 e. The molecule has 18 heavy (non-hydrogen) atoms. The number of carbonyl (C=O) groups is 2. The van der Waals surface area contributed by atoms with Crippen molar-refractivity contribution in [3.63, 3.8) is 0 Å². The molecule has 0 atom stereocenters. The molecule has 0 saturated carbocycles. The van der Waals surface area contributed by atoms with Gasteiger partial charge >= 0.3 is 5.97 Å². The zero-order chi connectivity index (χ0) is 13.9. The molecule has 98 valence electrons. The molecule has 0 bridgehead atoms. The van der Waals surface area contributed by atoms with E-state index in [1.807, 2.05) is 13.8 Å². The van der Waals surface area contributed by atoms with Crippen LogP contribution in [0.1, 0.15) is 24.3 Å². The molecule has 0 aliphatic rings. The van der Waals surface area contributed by atoms with Crippen molar-refractivity contribution in [2.24, 2.45) is 0 Å². The number of likely N-dealkylation sites (N-methyl/N-ethyl adjacent to an activating group) is 1. The summed E-state index contributed by atoms with van der Waals surface area (Å²) < 4.78 is 0.852. The van der Waals surface area contributed by atoms with Crippen LogP contribution in [0, 0.1) is 0 Å². The average Bonchev–Trinajstić information content (AvgIpc) is 2.30. The Bertz CT molecular complexity index is 521. The van der Waals surface area contributed by atoms with Gasteiger partial charge in [0.05, 0.1) is 0 Å². The SMILES string of the molecule is CC(C)N(C)C(=O)Cn1nc(C(=O)O)ccc1=O. The number of aromatic nitrogens is 2. The second-order valence-electron chi connectivity index (χ2n) is 4.12. The van der Waals surface area contributed by atoms with Gasteiger partial charge in [-0.25, -0.2) is 9.48 Å². The number of hydrogen-bond acceptors (Lipinski definition) is 4. The van der Waals surface area contributed by atoms with Crippen molar-refractivity contribution in [1.29, 1.82) is 0 Å². The Balaban J connectivity index is 2.97. The topological polar surface area (TPSA) is 92.5 Å². The van der Waals surface area contributed by atoms with E-state index in [1.165, 1.54) is 4.90 Å². The van der Waals surface area contributed by atoms with Gasteiger partial charge in [-0.15, -0.1) is 0 Å². The molecule has 0 saturated heterocycles. The van der Waals surface area contributed by atoms with Crippen LogP contribution in [0.2, 0.25) is 0 Å². The minimum absolute atomic E-state index is 0.00383. The highest BCUT2D eigenvalue weighted by Crippen LogP contribution is 1.96. The predicted octanol–water partition coefficient (Wildman–Crippen LogP) is -0.192. The molecule has 0 spiro atoms. The van der Waals surface area contributed by atoms with E-state index in [0.29, 0.717) is 0 Å². The molecule has 0 aromatic carbocycles. The summed E-state index contributed by atoms with van der Waals surface area (Å²) in [7, 11) is 1.61. The van der Waals surface area contributed by atoms with E-state index < -0.39 is 11.5 Å². The number of rotatable bonds is 4. The molecule has 0 aliphatic heterocycles. The lowest BCUT2D eigenvalue weighted by Crippen LogP contribution is -2.38. The number of nitrogens with zero attached hydrogens (tertiary/aromatic N) is 3. The molecule has 1 amide bonds. The highest BCUT2D eigenvalue weighted by Gasteiger charge is 2.15. The zero-order valence-corrected chi connectivity index (χ0v) is 10.5. The molecule has 1 aromatic heterocycles. The smallest absolute Gasteiger partial charge is 0.356 e. The molecule has 0 fully saturated rings. The van der Waals surface area contributed by atoms with Gasteiger partial charge in [0.1, 0.15) is 6.54 Å². The first kappa shape index (κ1) is 13.9. The van der Waals surface area contributed by atoms with Crippen molar-refractivity contribution in [3.05, 3.63) is 28.2 Å². The Kier molecular flexibility index (Phi) is 4.19. The molecule has 1 heterocycles. The van der Waals surface area contributed by atoms with Crippen LogP contribution >= 0.6 is 0 Å². The fraction of sp³-hybridized carbons (Fsp3) is 0.455. The normalized spacial score (nSPS) is 10.4. The summed E-state index contributed by atoms with van der Waals surface area (Å²) in [5.41, 5.74) is -0.778. The second kappa shape index (κ2) is 5.44. The van der Waals surface area contributed by atoms with Crippen LogP contribution < -0.4 is 5.56 Å². The average molecular weight is 253 g/mol. The molecular formula is C11H15N3O4. The molecule has 7 nitrogen and oxygen atoms in total. The van der Waals surface area contributed by atoms with E-state index in [4.69, 9.17) is 5.11 Å². The fourth-order valence-corrected chi connectivity index (χ4v) is 1.20. The Morgan fingerprint density at radius 2 is 2.06 bits per heavy atom. The van der Waals surface area contributed by atoms with Crippen molar-refractivity contribution in [1.82, 2.24) is 14.7 Å². The number of carboxylic acid groups (broad SMARTS) is 1. The summed E-state index contributed by atoms with van der Waals surface area (Å²) in [6, 6.07) is 2.19. The summed E-state index contributed by atoms with van der Waals surface area (Å²) in [5, 5.41) is 12.4. The third-order valence-corrected chi connectivity index (χ3v) is 2.54. The maximum absolute atomic E-state index is 11.8. The van der Waals surface area contributed by atoms with E-state index in [2.05, 4.69) is 5.10 Å². The van der Waals surface area contributed by atoms with Gasteiger partial charge in [-0.3, -0.25) is 9.59 Å². The van der Waals surface area contributed by atoms with Gasteiger partial charge in [-0.1, -0.05) is 0 Å². The number of hydrogen-bond donors (Lipinski definition) is 1. The summed E-state index contributed by atoms with van der Waals surface area (Å²) in [4.78, 5) is 35.4. The van der Waals surface area contributed by atoms with Crippen molar-refractivity contribution in [2.75, 3.05) is 7.05 Å². The number of amides is 1. The molecule has 7 heteroatoms. The Morgan fingerprint density at radius 1 is 1.44 bits per heavy atom. The highest BCUT2D eigenvalue weighted by atomic mass is 16.4. The van der Waals surface area contributed by atoms with Gasteiger partial charge in [0, 0.05) is 19.2 Å². The molecule has 0 unspecified atom stereocenters. The van der Waals surface area contributed by atoms with E-state index in [-0.39, 0.29) is 24.2 Å². The Hall–Kier alpha value is -2.18. The van der Waals surface area contributed by atoms with Gasteiger partial charge < -0.3 is 10.0 Å². The van der Waals surface area contributed by atoms with Crippen LogP contribution in [0.25, 0.3) is 0 Å². The Labute approximate surface area is 104 Å². The maximum Gasteiger partial charge on any atom is 0.356 e. The Morgan fingerprint density at radius 3 is 2.56 bits per heavy atom. The van der Waals surface area contributed by atoms with Crippen molar-refractivity contribution >= 4 is 11.9 Å². The van der Waals surface area contributed by atoms with E-state index in [0.717, 1.165) is 16.8 Å². The quantitative estimate of drug-likeness (QED) is 0.802. The monoisotopic (exact) mass is 253 g/mol. The van der Waals surface area contributed by atoms with Gasteiger partial charge in [-0.05, 0) is 19.9 Å². The maximum atomic E-state index is 11.8. The zero-order valence-electron chi connectivity index (χ0n) is 10.5. The minimum atomic E-state index is -1.24. The number of carbonyl (C=O) groups excluding carboxylic acids is 1. The number of aromatic carboxylic acids is 1. The first-order valence-corrected chi connectivity index (χ1v) is 5.40. The van der Waals surface area contributed by atoms with Crippen molar-refractivity contribution < 1.29 is 14.7 Å². The third-order valence-electron chi connectivity index (χ3n) is 2.54. The summed E-state index contributed by atoms with van der Waals surface area (Å²) in [6.07, 6.45) is 0. The lowest BCUT2D eigenvalue weighted by atomic mass is 10.3. The van der Waals surface area contributed by atoms with E-state index >= 15 is 0 Å². The third kappa shape index (κ3) is 3.16. The summed E-state index contributed by atoms with van der Waals surface area (Å²) in [6.45, 7) is 3.40. The van der Waals surface area contributed by atoms with Crippen molar-refractivity contribution in [3.8, 4) is 0 Å². The van der Waals surface area contributed by atoms with E-state index in [1.54, 1.807) is 7.05 Å². The van der Waals surface area contributed by atoms with Gasteiger partial charge in [-0.2, -0.15) is 5.10 Å². The molecule has 1 rings (SSSR count). The highest BCUT2D eigenvalue weighted by molar-refractivity contribution is 5.85. The van der Waals surface area contributed by atoms with Crippen LogP contribution in [-0.4, -0.2) is 44.8 Å². The van der Waals surface area contributed by atoms with Crippen LogP contribution in [0.15, 0.2) is 16.9 Å². The molecule has 1 aromatic rings. The molecular weight excluding hydrogens is 238 g/mol. The predicted molar refractivity (Wildman–Crippen MR) is 63.4 cm³/mol. The second-order valence-corrected chi connectivity index (χ2v) is 4.12. The van der Waals surface area contributed by atoms with E-state index in [9.17, 15) is 14.4 Å². The lowest BCUT2D eigenvalue weighted by molar-refractivity contribution is -0.132. The molecule has 0 radical (unpaired) electrons. The van der Waals surface area contributed by atoms with Crippen LogP contribution in [0.4, 0.5) is 0 Å². The first-order valence-electron chi connectivity index (χ1n) is 5.40. The fourth-order valence-electron chi connectivity index (χ4n) is 1.20. The van der Waals surface area contributed by atoms with Crippen LogP contribution in [0.3, 0.4) is 0 Å².